The molecule has 0 saturated carbocycles. The Hall–Kier alpha value is -1.32. The van der Waals surface area contributed by atoms with Crippen molar-refractivity contribution in [3.05, 3.63) is 35.5 Å². The van der Waals surface area contributed by atoms with Gasteiger partial charge in [0.1, 0.15) is 0 Å². The molecule has 3 nitrogen and oxygen atoms in total. The van der Waals surface area contributed by atoms with Gasteiger partial charge in [-0.3, -0.25) is 0 Å². The molecule has 0 aliphatic heterocycles. The van der Waals surface area contributed by atoms with Crippen LogP contribution in [-0.4, -0.2) is 23.2 Å². The summed E-state index contributed by atoms with van der Waals surface area (Å²) in [6.07, 6.45) is 3.54. The second-order valence-electron chi connectivity index (χ2n) is 4.69. The molecule has 3 rings (SSSR count). The summed E-state index contributed by atoms with van der Waals surface area (Å²) in [5.74, 6) is 0. The third-order valence-corrected chi connectivity index (χ3v) is 3.62. The first-order valence-corrected chi connectivity index (χ1v) is 6.34. The zero-order valence-corrected chi connectivity index (χ0v) is 9.87. The minimum atomic E-state index is 0.200. The number of aromatic amines is 1. The van der Waals surface area contributed by atoms with Gasteiger partial charge in [0.05, 0.1) is 6.61 Å². The van der Waals surface area contributed by atoms with Gasteiger partial charge in [-0.1, -0.05) is 18.2 Å². The maximum Gasteiger partial charge on any atom is 0.0556 e. The second-order valence-corrected chi connectivity index (χ2v) is 4.69. The molecular weight excluding hydrogens is 212 g/mol. The van der Waals surface area contributed by atoms with Crippen LogP contribution >= 0.6 is 0 Å². The molecule has 90 valence electrons. The zero-order chi connectivity index (χ0) is 11.7. The Labute approximate surface area is 101 Å². The Morgan fingerprint density at radius 1 is 1.35 bits per heavy atom. The molecule has 17 heavy (non-hydrogen) atoms. The van der Waals surface area contributed by atoms with E-state index in [1.54, 1.807) is 0 Å². The first-order valence-electron chi connectivity index (χ1n) is 6.34. The Bertz CT molecular complexity index is 518. The molecule has 0 amide bonds. The van der Waals surface area contributed by atoms with Gasteiger partial charge in [0, 0.05) is 29.2 Å². The molecule has 0 saturated heterocycles. The number of aliphatic hydroxyl groups excluding tert-OH is 1. The van der Waals surface area contributed by atoms with E-state index >= 15 is 0 Å². The van der Waals surface area contributed by atoms with Crippen LogP contribution in [0.2, 0.25) is 0 Å². The van der Waals surface area contributed by atoms with Gasteiger partial charge in [0.2, 0.25) is 0 Å². The van der Waals surface area contributed by atoms with Gasteiger partial charge >= 0.3 is 0 Å². The van der Waals surface area contributed by atoms with Crippen molar-refractivity contribution in [2.24, 2.45) is 0 Å². The Morgan fingerprint density at radius 3 is 3.12 bits per heavy atom. The van der Waals surface area contributed by atoms with E-state index in [4.69, 9.17) is 5.11 Å². The third kappa shape index (κ3) is 1.85. The number of benzene rings is 1. The lowest BCUT2D eigenvalue weighted by Crippen LogP contribution is -2.27. The minimum absolute atomic E-state index is 0.200. The highest BCUT2D eigenvalue weighted by atomic mass is 16.3. The highest BCUT2D eigenvalue weighted by molar-refractivity contribution is 5.85. The van der Waals surface area contributed by atoms with E-state index < -0.39 is 0 Å². The maximum absolute atomic E-state index is 8.91. The molecule has 1 heterocycles. The molecule has 3 N–H and O–H groups in total. The Balaban J connectivity index is 2.02. The molecule has 0 bridgehead atoms. The van der Waals surface area contributed by atoms with Gasteiger partial charge in [-0.2, -0.15) is 0 Å². The van der Waals surface area contributed by atoms with Crippen LogP contribution in [0, 0.1) is 0 Å². The number of rotatable bonds is 3. The Kier molecular flexibility index (Phi) is 2.87. The number of para-hydroxylation sites is 1. The lowest BCUT2D eigenvalue weighted by atomic mass is 9.92. The van der Waals surface area contributed by atoms with Gasteiger partial charge < -0.3 is 15.4 Å². The van der Waals surface area contributed by atoms with Crippen LogP contribution in [0.15, 0.2) is 24.3 Å². The lowest BCUT2D eigenvalue weighted by Gasteiger charge is -2.23. The normalized spacial score (nSPS) is 19.5. The SMILES string of the molecule is OCCNC1CCCc2c1[nH]c1ccccc21. The number of aromatic nitrogens is 1. The van der Waals surface area contributed by atoms with Gasteiger partial charge in [0.25, 0.3) is 0 Å². The van der Waals surface area contributed by atoms with Crippen molar-refractivity contribution in [1.82, 2.24) is 10.3 Å². The number of hydrogen-bond acceptors (Lipinski definition) is 2. The highest BCUT2D eigenvalue weighted by Gasteiger charge is 2.23. The average molecular weight is 230 g/mol. The van der Waals surface area contributed by atoms with Crippen molar-refractivity contribution in [1.29, 1.82) is 0 Å². The molecular formula is C14H18N2O. The highest BCUT2D eigenvalue weighted by Crippen LogP contribution is 2.34. The van der Waals surface area contributed by atoms with Gasteiger partial charge in [-0.15, -0.1) is 0 Å². The standard InChI is InChI=1S/C14H18N2O/c17-9-8-15-13-7-3-5-11-10-4-1-2-6-12(10)16-14(11)13/h1-2,4,6,13,15-17H,3,5,7-9H2. The summed E-state index contributed by atoms with van der Waals surface area (Å²) >= 11 is 0. The predicted octanol–water partition coefficient (Wildman–Crippen LogP) is 2.13. The van der Waals surface area contributed by atoms with Crippen LogP contribution < -0.4 is 5.32 Å². The average Bonchev–Trinajstić information content (AvgIpc) is 2.75. The Morgan fingerprint density at radius 2 is 2.24 bits per heavy atom. The topological polar surface area (TPSA) is 48.0 Å². The fourth-order valence-electron chi connectivity index (χ4n) is 2.86. The van der Waals surface area contributed by atoms with Crippen LogP contribution in [0.1, 0.15) is 30.1 Å². The number of H-pyrrole nitrogens is 1. The van der Waals surface area contributed by atoms with Crippen molar-refractivity contribution in [3.63, 3.8) is 0 Å². The van der Waals surface area contributed by atoms with E-state index in [0.29, 0.717) is 12.6 Å². The van der Waals surface area contributed by atoms with Crippen molar-refractivity contribution < 1.29 is 5.11 Å². The number of aryl methyl sites for hydroxylation is 1. The van der Waals surface area contributed by atoms with Crippen LogP contribution in [0.5, 0.6) is 0 Å². The van der Waals surface area contributed by atoms with Crippen molar-refractivity contribution >= 4 is 10.9 Å². The van der Waals surface area contributed by atoms with Gasteiger partial charge in [-0.05, 0) is 30.9 Å². The quantitative estimate of drug-likeness (QED) is 0.756. The summed E-state index contributed by atoms with van der Waals surface area (Å²) in [6.45, 7) is 0.867. The monoisotopic (exact) mass is 230 g/mol. The molecule has 1 aliphatic rings. The van der Waals surface area contributed by atoms with E-state index in [1.807, 2.05) is 0 Å². The smallest absolute Gasteiger partial charge is 0.0556 e. The third-order valence-electron chi connectivity index (χ3n) is 3.62. The molecule has 1 unspecified atom stereocenters. The van der Waals surface area contributed by atoms with Crippen LogP contribution in [0.25, 0.3) is 10.9 Å². The summed E-state index contributed by atoms with van der Waals surface area (Å²) < 4.78 is 0. The van der Waals surface area contributed by atoms with Crippen molar-refractivity contribution in [3.8, 4) is 0 Å². The lowest BCUT2D eigenvalue weighted by molar-refractivity contribution is 0.280. The number of aliphatic hydroxyl groups is 1. The molecule has 0 fully saturated rings. The summed E-state index contributed by atoms with van der Waals surface area (Å²) in [7, 11) is 0. The fraction of sp³-hybridized carbons (Fsp3) is 0.429. The number of fused-ring (bicyclic) bond motifs is 3. The molecule has 1 aromatic heterocycles. The minimum Gasteiger partial charge on any atom is -0.395 e. The van der Waals surface area contributed by atoms with Crippen LogP contribution in [0.3, 0.4) is 0 Å². The van der Waals surface area contributed by atoms with Crippen LogP contribution in [0.4, 0.5) is 0 Å². The molecule has 1 atom stereocenters. The number of hydrogen-bond donors (Lipinski definition) is 3. The van der Waals surface area contributed by atoms with Crippen LogP contribution in [-0.2, 0) is 6.42 Å². The van der Waals surface area contributed by atoms with Gasteiger partial charge in [-0.25, -0.2) is 0 Å². The molecule has 0 radical (unpaired) electrons. The zero-order valence-electron chi connectivity index (χ0n) is 9.87. The van der Waals surface area contributed by atoms with Gasteiger partial charge in [0.15, 0.2) is 0 Å². The molecule has 1 aliphatic carbocycles. The predicted molar refractivity (Wildman–Crippen MR) is 69.1 cm³/mol. The summed E-state index contributed by atoms with van der Waals surface area (Å²) in [6, 6.07) is 8.87. The summed E-state index contributed by atoms with van der Waals surface area (Å²) in [4.78, 5) is 3.53. The van der Waals surface area contributed by atoms with E-state index in [0.717, 1.165) is 12.8 Å². The summed E-state index contributed by atoms with van der Waals surface area (Å²) in [5.41, 5.74) is 4.02. The van der Waals surface area contributed by atoms with E-state index in [9.17, 15) is 0 Å². The maximum atomic E-state index is 8.91. The molecule has 1 aromatic carbocycles. The second kappa shape index (κ2) is 4.51. The first-order chi connectivity index (χ1) is 8.40. The summed E-state index contributed by atoms with van der Waals surface area (Å²) in [5, 5.41) is 13.7. The molecule has 0 spiro atoms. The first kappa shape index (κ1) is 10.8. The van der Waals surface area contributed by atoms with E-state index in [-0.39, 0.29) is 6.61 Å². The molecule has 2 aromatic rings. The fourth-order valence-corrected chi connectivity index (χ4v) is 2.86. The number of nitrogens with one attached hydrogen (secondary N) is 2. The van der Waals surface area contributed by atoms with E-state index in [2.05, 4.69) is 34.6 Å². The van der Waals surface area contributed by atoms with Crippen molar-refractivity contribution in [2.75, 3.05) is 13.2 Å². The van der Waals surface area contributed by atoms with E-state index in [1.165, 1.54) is 28.6 Å². The van der Waals surface area contributed by atoms with Crippen molar-refractivity contribution in [2.45, 2.75) is 25.3 Å². The largest absolute Gasteiger partial charge is 0.395 e. The molecule has 3 heteroatoms.